The number of benzene rings is 1. The molecule has 10 nitrogen and oxygen atoms in total. The molecular weight excluding hydrogens is 447 g/mol. The minimum atomic E-state index is -1.43. The van der Waals surface area contributed by atoms with Crippen molar-refractivity contribution in [1.29, 1.82) is 0 Å². The summed E-state index contributed by atoms with van der Waals surface area (Å²) in [7, 11) is 1.42. The van der Waals surface area contributed by atoms with Gasteiger partial charge in [0.1, 0.15) is 17.9 Å². The summed E-state index contributed by atoms with van der Waals surface area (Å²) in [6, 6.07) is 4.42. The summed E-state index contributed by atoms with van der Waals surface area (Å²) in [6.45, 7) is 3.55. The van der Waals surface area contributed by atoms with Crippen LogP contribution < -0.4 is 5.32 Å². The van der Waals surface area contributed by atoms with E-state index in [1.54, 1.807) is 11.8 Å². The Morgan fingerprint density at radius 3 is 2.38 bits per heavy atom. The molecule has 2 aliphatic rings. The first kappa shape index (κ1) is 25.1. The lowest BCUT2D eigenvalue weighted by molar-refractivity contribution is -0.151. The van der Waals surface area contributed by atoms with E-state index in [9.17, 15) is 28.4 Å². The summed E-state index contributed by atoms with van der Waals surface area (Å²) < 4.78 is 18.3. The second-order valence-electron chi connectivity index (χ2n) is 8.61. The number of nitrogens with one attached hydrogen (secondary N) is 1. The van der Waals surface area contributed by atoms with Crippen LogP contribution in [0.15, 0.2) is 24.3 Å². The van der Waals surface area contributed by atoms with Gasteiger partial charge in [-0.2, -0.15) is 0 Å². The molecule has 2 fully saturated rings. The molecule has 1 aromatic carbocycles. The number of urea groups is 1. The molecule has 1 N–H and O–H groups in total. The first-order valence-electron chi connectivity index (χ1n) is 11.1. The highest BCUT2D eigenvalue weighted by Gasteiger charge is 2.49. The van der Waals surface area contributed by atoms with Gasteiger partial charge >= 0.3 is 12.0 Å². The molecule has 2 heterocycles. The zero-order valence-electron chi connectivity index (χ0n) is 19.5. The van der Waals surface area contributed by atoms with Crippen LogP contribution in [0.2, 0.25) is 0 Å². The van der Waals surface area contributed by atoms with Crippen LogP contribution in [-0.4, -0.2) is 84.3 Å². The number of esters is 1. The van der Waals surface area contributed by atoms with Gasteiger partial charge in [0.2, 0.25) is 11.8 Å². The second-order valence-corrected chi connectivity index (χ2v) is 8.61. The Hall–Kier alpha value is -3.50. The van der Waals surface area contributed by atoms with Gasteiger partial charge < -0.3 is 19.9 Å². The third kappa shape index (κ3) is 5.18. The molecule has 5 amide bonds. The van der Waals surface area contributed by atoms with Crippen molar-refractivity contribution in [2.75, 3.05) is 39.8 Å². The molecule has 1 unspecified atom stereocenters. The molecule has 34 heavy (non-hydrogen) atoms. The van der Waals surface area contributed by atoms with Crippen molar-refractivity contribution >= 4 is 29.7 Å². The third-order valence-corrected chi connectivity index (χ3v) is 6.26. The van der Waals surface area contributed by atoms with E-state index >= 15 is 0 Å². The van der Waals surface area contributed by atoms with Gasteiger partial charge in [-0.1, -0.05) is 12.1 Å². The molecule has 2 saturated heterocycles. The Bertz CT molecular complexity index is 976. The monoisotopic (exact) mass is 476 g/mol. The number of likely N-dealkylation sites (N-methyl/N-ethyl adjacent to an activating group) is 1. The van der Waals surface area contributed by atoms with Crippen LogP contribution in [0.4, 0.5) is 9.18 Å². The molecular formula is C23H29FN4O6. The lowest BCUT2D eigenvalue weighted by atomic mass is 9.92. The van der Waals surface area contributed by atoms with Gasteiger partial charge in [-0.25, -0.2) is 9.18 Å². The van der Waals surface area contributed by atoms with Crippen molar-refractivity contribution in [1.82, 2.24) is 20.0 Å². The topological polar surface area (TPSA) is 116 Å². The molecule has 0 bridgehead atoms. The first-order valence-corrected chi connectivity index (χ1v) is 11.1. The first-order chi connectivity index (χ1) is 16.1. The largest absolute Gasteiger partial charge is 0.466 e. The Balaban J connectivity index is 1.55. The van der Waals surface area contributed by atoms with E-state index in [-0.39, 0.29) is 24.3 Å². The predicted octanol–water partition coefficient (Wildman–Crippen LogP) is 0.853. The van der Waals surface area contributed by atoms with Gasteiger partial charge in [-0.15, -0.1) is 0 Å². The summed E-state index contributed by atoms with van der Waals surface area (Å²) in [5, 5.41) is 2.56. The van der Waals surface area contributed by atoms with Crippen molar-refractivity contribution in [2.45, 2.75) is 32.2 Å². The quantitative estimate of drug-likeness (QED) is 0.461. The molecule has 1 atom stereocenters. The number of hydrogen-bond acceptors (Lipinski definition) is 6. The van der Waals surface area contributed by atoms with Crippen LogP contribution in [0.5, 0.6) is 0 Å². The van der Waals surface area contributed by atoms with Crippen LogP contribution in [-0.2, 0) is 29.5 Å². The number of piperidine rings is 1. The Morgan fingerprint density at radius 1 is 1.18 bits per heavy atom. The zero-order valence-corrected chi connectivity index (χ0v) is 19.5. The molecule has 2 aliphatic heterocycles. The number of imide groups is 1. The van der Waals surface area contributed by atoms with Crippen molar-refractivity contribution in [3.63, 3.8) is 0 Å². The highest BCUT2D eigenvalue weighted by molar-refractivity contribution is 6.09. The summed E-state index contributed by atoms with van der Waals surface area (Å²) in [5.41, 5.74) is -1.04. The van der Waals surface area contributed by atoms with E-state index in [1.165, 1.54) is 38.2 Å². The highest BCUT2D eigenvalue weighted by atomic mass is 19.1. The van der Waals surface area contributed by atoms with E-state index in [1.807, 2.05) is 0 Å². The number of hydrogen-bond donors (Lipinski definition) is 1. The van der Waals surface area contributed by atoms with Crippen molar-refractivity contribution < 1.29 is 33.1 Å². The number of carbonyl (C=O) groups is 5. The number of carbonyl (C=O) groups excluding carboxylic acids is 5. The smallest absolute Gasteiger partial charge is 0.325 e. The highest BCUT2D eigenvalue weighted by Crippen LogP contribution is 2.29. The number of halogens is 1. The van der Waals surface area contributed by atoms with Gasteiger partial charge in [-0.05, 0) is 44.4 Å². The molecule has 184 valence electrons. The maximum absolute atomic E-state index is 13.2. The van der Waals surface area contributed by atoms with E-state index in [4.69, 9.17) is 4.74 Å². The van der Waals surface area contributed by atoms with E-state index < -0.39 is 35.7 Å². The SMILES string of the molecule is CCOC(=O)C1CCN(C(=O)CN(C)C(=O)CN2C(=O)NC(C)(c3ccc(F)cc3)C2=O)CC1. The predicted molar refractivity (Wildman–Crippen MR) is 118 cm³/mol. The Morgan fingerprint density at radius 2 is 1.79 bits per heavy atom. The number of nitrogens with zero attached hydrogens (tertiary/aromatic N) is 3. The number of rotatable bonds is 7. The molecule has 11 heteroatoms. The summed E-state index contributed by atoms with van der Waals surface area (Å²) in [5.74, 6) is -2.49. The van der Waals surface area contributed by atoms with Crippen LogP contribution >= 0.6 is 0 Å². The summed E-state index contributed by atoms with van der Waals surface area (Å²) in [6.07, 6.45) is 0.985. The van der Waals surface area contributed by atoms with E-state index in [0.717, 1.165) is 9.80 Å². The Labute approximate surface area is 197 Å². The number of ether oxygens (including phenoxy) is 1. The van der Waals surface area contributed by atoms with Crippen LogP contribution in [0.1, 0.15) is 32.3 Å². The van der Waals surface area contributed by atoms with Crippen LogP contribution in [0.3, 0.4) is 0 Å². The van der Waals surface area contributed by atoms with Crippen molar-refractivity contribution in [2.24, 2.45) is 5.92 Å². The summed E-state index contributed by atoms with van der Waals surface area (Å²) >= 11 is 0. The Kier molecular flexibility index (Phi) is 7.53. The second kappa shape index (κ2) is 10.2. The minimum absolute atomic E-state index is 0.220. The standard InChI is InChI=1S/C23H29FN4O6/c1-4-34-20(31)15-9-11-27(12-10-15)19(30)13-26(3)18(29)14-28-21(32)23(2,25-22(28)33)16-5-7-17(24)8-6-16/h5-8,15H,4,9-14H2,1-3H3,(H,25,33). The molecule has 0 spiro atoms. The molecule has 0 aliphatic carbocycles. The average Bonchev–Trinajstić information content (AvgIpc) is 3.03. The fourth-order valence-corrected chi connectivity index (χ4v) is 4.09. The van der Waals surface area contributed by atoms with Crippen LogP contribution in [0.25, 0.3) is 0 Å². The lowest BCUT2D eigenvalue weighted by Crippen LogP contribution is -2.48. The van der Waals surface area contributed by atoms with E-state index in [0.29, 0.717) is 38.1 Å². The minimum Gasteiger partial charge on any atom is -0.466 e. The van der Waals surface area contributed by atoms with Gasteiger partial charge in [0.25, 0.3) is 5.91 Å². The fourth-order valence-electron chi connectivity index (χ4n) is 4.09. The fraction of sp³-hybridized carbons (Fsp3) is 0.522. The van der Waals surface area contributed by atoms with Gasteiger partial charge in [0, 0.05) is 20.1 Å². The van der Waals surface area contributed by atoms with Crippen molar-refractivity contribution in [3.8, 4) is 0 Å². The number of amides is 5. The van der Waals surface area contributed by atoms with Gasteiger partial charge in [0.15, 0.2) is 0 Å². The van der Waals surface area contributed by atoms with Gasteiger partial charge in [-0.3, -0.25) is 24.1 Å². The number of likely N-dealkylation sites (tertiary alicyclic amines) is 1. The third-order valence-electron chi connectivity index (χ3n) is 6.26. The normalized spacial score (nSPS) is 20.8. The molecule has 0 aromatic heterocycles. The van der Waals surface area contributed by atoms with E-state index in [2.05, 4.69) is 5.32 Å². The lowest BCUT2D eigenvalue weighted by Gasteiger charge is -2.32. The van der Waals surface area contributed by atoms with Crippen LogP contribution in [0, 0.1) is 11.7 Å². The maximum atomic E-state index is 13.2. The zero-order chi connectivity index (χ0) is 25.0. The molecule has 0 saturated carbocycles. The maximum Gasteiger partial charge on any atom is 0.325 e. The molecule has 1 aromatic rings. The molecule has 3 rings (SSSR count). The average molecular weight is 477 g/mol. The van der Waals surface area contributed by atoms with Crippen molar-refractivity contribution in [3.05, 3.63) is 35.6 Å². The van der Waals surface area contributed by atoms with Gasteiger partial charge in [0.05, 0.1) is 19.1 Å². The summed E-state index contributed by atoms with van der Waals surface area (Å²) in [4.78, 5) is 66.1. The molecule has 0 radical (unpaired) electrons.